The molecule has 8 heteroatoms. The molecule has 0 saturated carbocycles. The lowest BCUT2D eigenvalue weighted by molar-refractivity contribution is -0.692. The zero-order valence-corrected chi connectivity index (χ0v) is 20.2. The number of nitrogens with one attached hydrogen (secondary N) is 1. The van der Waals surface area contributed by atoms with Crippen LogP contribution in [0.2, 0.25) is 0 Å². The van der Waals surface area contributed by atoms with Crippen LogP contribution >= 0.6 is 0 Å². The van der Waals surface area contributed by atoms with Crippen molar-refractivity contribution in [2.24, 2.45) is 0 Å². The van der Waals surface area contributed by atoms with Crippen LogP contribution in [0.25, 0.3) is 16.9 Å². The quantitative estimate of drug-likeness (QED) is 0.507. The SMILES string of the molecule is CCOc1ccc(-n2cc(-c3ccc(NS(C)(=O)=O)cc3)[n+]3c2CCCCC3)cc1.[Br-]. The number of aromatic nitrogens is 2. The fourth-order valence-corrected chi connectivity index (χ4v) is 4.58. The molecule has 0 saturated heterocycles. The Kier molecular flexibility index (Phi) is 7.43. The molecule has 0 atom stereocenters. The van der Waals surface area contributed by atoms with E-state index in [9.17, 15) is 8.42 Å². The van der Waals surface area contributed by atoms with Crippen LogP contribution in [0.5, 0.6) is 5.75 Å². The third kappa shape index (κ3) is 5.49. The van der Waals surface area contributed by atoms with E-state index in [1.165, 1.54) is 18.7 Å². The third-order valence-electron chi connectivity index (χ3n) is 5.32. The van der Waals surface area contributed by atoms with Gasteiger partial charge < -0.3 is 21.7 Å². The highest BCUT2D eigenvalue weighted by atomic mass is 79.9. The molecule has 0 spiro atoms. The number of halogens is 1. The van der Waals surface area contributed by atoms with Gasteiger partial charge in [-0.1, -0.05) is 0 Å². The van der Waals surface area contributed by atoms with Gasteiger partial charge >= 0.3 is 0 Å². The van der Waals surface area contributed by atoms with Crippen molar-refractivity contribution in [1.82, 2.24) is 4.57 Å². The summed E-state index contributed by atoms with van der Waals surface area (Å²) in [5.74, 6) is 2.17. The highest BCUT2D eigenvalue weighted by Crippen LogP contribution is 2.26. The van der Waals surface area contributed by atoms with Gasteiger partial charge in [0.2, 0.25) is 10.0 Å². The van der Waals surface area contributed by atoms with Crippen LogP contribution in [0, 0.1) is 0 Å². The minimum absolute atomic E-state index is 0. The van der Waals surface area contributed by atoms with Crippen molar-refractivity contribution in [2.75, 3.05) is 17.6 Å². The van der Waals surface area contributed by atoms with Crippen LogP contribution < -0.4 is 31.0 Å². The monoisotopic (exact) mass is 505 g/mol. The Morgan fingerprint density at radius 2 is 1.74 bits per heavy atom. The Bertz CT molecular complexity index is 1120. The molecule has 0 bridgehead atoms. The van der Waals surface area contributed by atoms with Crippen molar-refractivity contribution in [2.45, 2.75) is 39.2 Å². The maximum atomic E-state index is 11.5. The van der Waals surface area contributed by atoms with Crippen molar-refractivity contribution in [1.29, 1.82) is 0 Å². The van der Waals surface area contributed by atoms with Gasteiger partial charge in [-0.25, -0.2) is 13.0 Å². The first-order valence-electron chi connectivity index (χ1n) is 10.4. The average molecular weight is 506 g/mol. The van der Waals surface area contributed by atoms with Crippen LogP contribution in [0.1, 0.15) is 32.0 Å². The molecular weight excluding hydrogens is 478 g/mol. The average Bonchev–Trinajstić information content (AvgIpc) is 2.90. The van der Waals surface area contributed by atoms with Gasteiger partial charge in [0.25, 0.3) is 5.82 Å². The molecule has 1 aliphatic heterocycles. The summed E-state index contributed by atoms with van der Waals surface area (Å²) in [6.45, 7) is 3.62. The second kappa shape index (κ2) is 9.87. The Morgan fingerprint density at radius 1 is 1.03 bits per heavy atom. The number of benzene rings is 2. The van der Waals surface area contributed by atoms with Gasteiger partial charge in [0, 0.05) is 17.7 Å². The predicted molar refractivity (Wildman–Crippen MR) is 119 cm³/mol. The fourth-order valence-electron chi connectivity index (χ4n) is 4.02. The van der Waals surface area contributed by atoms with E-state index in [1.54, 1.807) is 0 Å². The number of imidazole rings is 1. The van der Waals surface area contributed by atoms with Crippen LogP contribution in [0.4, 0.5) is 5.69 Å². The van der Waals surface area contributed by atoms with E-state index in [4.69, 9.17) is 4.74 Å². The lowest BCUT2D eigenvalue weighted by atomic mass is 10.1. The predicted octanol–water partition coefficient (Wildman–Crippen LogP) is 0.932. The molecule has 4 rings (SSSR count). The van der Waals surface area contributed by atoms with Gasteiger partial charge in [-0.15, -0.1) is 0 Å². The van der Waals surface area contributed by atoms with E-state index >= 15 is 0 Å². The Balaban J connectivity index is 0.00000272. The summed E-state index contributed by atoms with van der Waals surface area (Å²) in [6.07, 6.45) is 7.94. The van der Waals surface area contributed by atoms with E-state index in [0.717, 1.165) is 48.3 Å². The lowest BCUT2D eigenvalue weighted by Crippen LogP contribution is -3.00. The van der Waals surface area contributed by atoms with Gasteiger partial charge in [0.15, 0.2) is 5.69 Å². The van der Waals surface area contributed by atoms with Gasteiger partial charge in [-0.05, 0) is 74.7 Å². The first-order valence-corrected chi connectivity index (χ1v) is 12.3. The highest BCUT2D eigenvalue weighted by molar-refractivity contribution is 7.92. The summed E-state index contributed by atoms with van der Waals surface area (Å²) >= 11 is 0. The van der Waals surface area contributed by atoms with Crippen molar-refractivity contribution < 1.29 is 34.7 Å². The molecule has 0 aliphatic carbocycles. The van der Waals surface area contributed by atoms with E-state index in [1.807, 2.05) is 43.3 Å². The van der Waals surface area contributed by atoms with Gasteiger partial charge in [-0.2, -0.15) is 4.57 Å². The van der Waals surface area contributed by atoms with E-state index in [0.29, 0.717) is 12.3 Å². The second-order valence-electron chi connectivity index (χ2n) is 7.64. The minimum atomic E-state index is -3.28. The molecule has 3 aromatic rings. The number of nitrogens with zero attached hydrogens (tertiary/aromatic N) is 2. The number of hydrogen-bond donors (Lipinski definition) is 1. The number of ether oxygens (including phenoxy) is 1. The van der Waals surface area contributed by atoms with Gasteiger partial charge in [-0.3, -0.25) is 4.72 Å². The van der Waals surface area contributed by atoms with Crippen LogP contribution in [0.3, 0.4) is 0 Å². The summed E-state index contributed by atoms with van der Waals surface area (Å²) < 4.78 is 35.8. The molecule has 1 aliphatic rings. The molecule has 2 aromatic carbocycles. The number of fused-ring (bicyclic) bond motifs is 1. The number of hydrogen-bond acceptors (Lipinski definition) is 3. The summed E-state index contributed by atoms with van der Waals surface area (Å²) in [5, 5.41) is 0. The Hall–Kier alpha value is -2.32. The first-order chi connectivity index (χ1) is 14.4. The molecule has 0 radical (unpaired) electrons. The molecule has 0 fully saturated rings. The molecule has 1 aromatic heterocycles. The summed E-state index contributed by atoms with van der Waals surface area (Å²) in [7, 11) is -3.28. The number of rotatable bonds is 6. The van der Waals surface area contributed by atoms with Crippen molar-refractivity contribution in [3.8, 4) is 22.7 Å². The number of sulfonamides is 1. The van der Waals surface area contributed by atoms with Crippen LogP contribution in [-0.4, -0.2) is 25.8 Å². The van der Waals surface area contributed by atoms with E-state index in [2.05, 4.69) is 32.2 Å². The normalized spacial score (nSPS) is 13.6. The summed E-state index contributed by atoms with van der Waals surface area (Å²) in [5.41, 5.74) is 3.91. The fraction of sp³-hybridized carbons (Fsp3) is 0.348. The second-order valence-corrected chi connectivity index (χ2v) is 9.39. The summed E-state index contributed by atoms with van der Waals surface area (Å²) in [4.78, 5) is 0. The highest BCUT2D eigenvalue weighted by Gasteiger charge is 2.27. The Morgan fingerprint density at radius 3 is 2.39 bits per heavy atom. The molecule has 166 valence electrons. The molecule has 1 N–H and O–H groups in total. The minimum Gasteiger partial charge on any atom is -1.00 e. The molecule has 6 nitrogen and oxygen atoms in total. The summed E-state index contributed by atoms with van der Waals surface area (Å²) in [6, 6.07) is 15.8. The van der Waals surface area contributed by atoms with Crippen molar-refractivity contribution in [3.63, 3.8) is 0 Å². The van der Waals surface area contributed by atoms with E-state index < -0.39 is 10.0 Å². The topological polar surface area (TPSA) is 64.2 Å². The van der Waals surface area contributed by atoms with E-state index in [-0.39, 0.29) is 17.0 Å². The zero-order valence-electron chi connectivity index (χ0n) is 17.8. The molecule has 31 heavy (non-hydrogen) atoms. The zero-order chi connectivity index (χ0) is 21.1. The van der Waals surface area contributed by atoms with Gasteiger partial charge in [0.1, 0.15) is 17.6 Å². The maximum Gasteiger partial charge on any atom is 0.262 e. The Labute approximate surface area is 194 Å². The molecule has 2 heterocycles. The molecule has 0 amide bonds. The largest absolute Gasteiger partial charge is 1.00 e. The molecule has 0 unspecified atom stereocenters. The van der Waals surface area contributed by atoms with Gasteiger partial charge in [0.05, 0.1) is 19.4 Å². The third-order valence-corrected chi connectivity index (χ3v) is 5.93. The molecular formula is C23H28BrN3O3S. The maximum absolute atomic E-state index is 11.5. The van der Waals surface area contributed by atoms with Crippen LogP contribution in [-0.2, 0) is 23.0 Å². The lowest BCUT2D eigenvalue weighted by Gasteiger charge is -2.06. The standard InChI is InChI=1S/C23H28N3O3S.BrH/c1-3-29-21-14-12-20(13-15-21)26-17-22(25-16-6-4-5-7-23(25)26)18-8-10-19(11-9-18)24-30(2,27)28;/h8-15,17,24H,3-7,16H2,1-2H3;1H/q+1;/p-1. The number of anilines is 1. The smallest absolute Gasteiger partial charge is 0.262 e. The van der Waals surface area contributed by atoms with Crippen molar-refractivity contribution >= 4 is 15.7 Å². The first kappa shape index (κ1) is 23.3. The van der Waals surface area contributed by atoms with Crippen LogP contribution in [0.15, 0.2) is 54.7 Å². The van der Waals surface area contributed by atoms with Crippen molar-refractivity contribution in [3.05, 3.63) is 60.6 Å².